The lowest BCUT2D eigenvalue weighted by molar-refractivity contribution is 0.574. The summed E-state index contributed by atoms with van der Waals surface area (Å²) in [5, 5.41) is 11.8. The highest BCUT2D eigenvalue weighted by molar-refractivity contribution is 6.16. The van der Waals surface area contributed by atoms with E-state index in [0.717, 1.165) is 68.0 Å². The van der Waals surface area contributed by atoms with E-state index in [-0.39, 0.29) is 0 Å². The van der Waals surface area contributed by atoms with Crippen molar-refractivity contribution in [2.24, 2.45) is 0 Å². The molecule has 314 valence electrons. The van der Waals surface area contributed by atoms with Crippen LogP contribution in [0.2, 0.25) is 0 Å². The summed E-state index contributed by atoms with van der Waals surface area (Å²) in [6, 6.07) is 75.3. The van der Waals surface area contributed by atoms with Gasteiger partial charge in [0.15, 0.2) is 0 Å². The van der Waals surface area contributed by atoms with Gasteiger partial charge in [-0.15, -0.1) is 0 Å². The zero-order valence-electron chi connectivity index (χ0n) is 36.8. The van der Waals surface area contributed by atoms with Gasteiger partial charge in [0.1, 0.15) is 16.7 Å². The van der Waals surface area contributed by atoms with Crippen molar-refractivity contribution in [1.82, 2.24) is 0 Å². The molecule has 0 atom stereocenters. The number of anilines is 2. The maximum atomic E-state index is 6.84. The molecule has 67 heavy (non-hydrogen) atoms. The van der Waals surface area contributed by atoms with Crippen molar-refractivity contribution in [3.63, 3.8) is 0 Å². The normalized spacial score (nSPS) is 13.5. The quantitative estimate of drug-likeness (QED) is 0.117. The second-order valence-corrected chi connectivity index (χ2v) is 17.6. The molecule has 2 aliphatic rings. The van der Waals surface area contributed by atoms with E-state index in [9.17, 15) is 0 Å². The molecule has 1 aromatic heterocycles. The number of furan rings is 1. The molecular weight excluding hydrogens is 811 g/mol. The average Bonchev–Trinajstić information content (AvgIpc) is 3.61. The van der Waals surface area contributed by atoms with Crippen LogP contribution in [0.25, 0.3) is 99.2 Å². The van der Waals surface area contributed by atoms with E-state index >= 15 is 0 Å². The molecule has 0 radical (unpaired) electrons. The van der Waals surface area contributed by atoms with E-state index < -0.39 is 0 Å². The number of para-hydroxylation sites is 1. The summed E-state index contributed by atoms with van der Waals surface area (Å²) >= 11 is 0. The summed E-state index contributed by atoms with van der Waals surface area (Å²) in [7, 11) is 0. The number of rotatable bonds is 7. The van der Waals surface area contributed by atoms with Crippen molar-refractivity contribution < 1.29 is 4.42 Å². The Morgan fingerprint density at radius 3 is 2.01 bits per heavy atom. The minimum atomic E-state index is 0.579. The summed E-state index contributed by atoms with van der Waals surface area (Å²) in [6.45, 7) is 0. The maximum Gasteiger partial charge on any atom is 0.136 e. The molecule has 0 saturated carbocycles. The van der Waals surface area contributed by atoms with E-state index in [1.807, 2.05) is 0 Å². The fourth-order valence-electron chi connectivity index (χ4n) is 10.6. The SMILES string of the molecule is C1#CC(N(c2ccc(-c3ccccc3)c(-c3ccc4ccccc4c3)c2)c2ccccc2C2=C(c3cc4ccccc4c4ccccc34)C=CCC2)=c2c(oc3cc4ccccc4cc23)=CC1. The lowest BCUT2D eigenvalue weighted by atomic mass is 9.84. The van der Waals surface area contributed by atoms with Crippen LogP contribution in [0.3, 0.4) is 0 Å². The molecule has 0 unspecified atom stereocenters. The molecule has 1 heterocycles. The molecule has 2 nitrogen and oxygen atoms in total. The second kappa shape index (κ2) is 16.1. The van der Waals surface area contributed by atoms with Gasteiger partial charge in [0, 0.05) is 23.1 Å². The second-order valence-electron chi connectivity index (χ2n) is 17.6. The number of hydrogen-bond donors (Lipinski definition) is 0. The van der Waals surface area contributed by atoms with Crippen LogP contribution in [0, 0.1) is 11.8 Å². The zero-order valence-corrected chi connectivity index (χ0v) is 36.8. The van der Waals surface area contributed by atoms with Gasteiger partial charge in [0.05, 0.1) is 10.9 Å². The molecule has 0 N–H and O–H groups in total. The van der Waals surface area contributed by atoms with Crippen molar-refractivity contribution in [2.45, 2.75) is 19.3 Å². The topological polar surface area (TPSA) is 16.4 Å². The van der Waals surface area contributed by atoms with Crippen LogP contribution >= 0.6 is 0 Å². The predicted octanol–water partition coefficient (Wildman–Crippen LogP) is 15.8. The Bertz CT molecular complexity index is 4080. The van der Waals surface area contributed by atoms with E-state index in [2.05, 4.69) is 241 Å². The Morgan fingerprint density at radius 2 is 1.16 bits per heavy atom. The van der Waals surface area contributed by atoms with Crippen LogP contribution < -0.4 is 15.5 Å². The monoisotopic (exact) mass is 853 g/mol. The summed E-state index contributed by atoms with van der Waals surface area (Å²) in [5.41, 5.74) is 14.3. The third-order valence-corrected chi connectivity index (χ3v) is 13.7. The minimum Gasteiger partial charge on any atom is -0.456 e. The summed E-state index contributed by atoms with van der Waals surface area (Å²) in [5.74, 6) is 7.34. The molecule has 0 saturated heterocycles. The third-order valence-electron chi connectivity index (χ3n) is 13.7. The van der Waals surface area contributed by atoms with E-state index in [0.29, 0.717) is 6.42 Å². The van der Waals surface area contributed by atoms with Gasteiger partial charge in [-0.25, -0.2) is 0 Å². The van der Waals surface area contributed by atoms with E-state index in [1.54, 1.807) is 0 Å². The summed E-state index contributed by atoms with van der Waals surface area (Å²) in [6.07, 6.45) is 9.29. The smallest absolute Gasteiger partial charge is 0.136 e. The number of benzene rings is 10. The van der Waals surface area contributed by atoms with Gasteiger partial charge in [0.25, 0.3) is 0 Å². The van der Waals surface area contributed by atoms with E-state index in [4.69, 9.17) is 4.42 Å². The molecule has 11 aromatic rings. The Kier molecular flexibility index (Phi) is 9.32. The molecule has 13 rings (SSSR count). The van der Waals surface area contributed by atoms with Crippen LogP contribution in [-0.4, -0.2) is 0 Å². The first-order valence-electron chi connectivity index (χ1n) is 23.3. The van der Waals surface area contributed by atoms with Gasteiger partial charge in [-0.05, 0) is 149 Å². The first-order valence-corrected chi connectivity index (χ1v) is 23.3. The first-order chi connectivity index (χ1) is 33.2. The number of nitrogens with zero attached hydrogens (tertiary/aromatic N) is 1. The Balaban J connectivity index is 1.13. The van der Waals surface area contributed by atoms with Crippen LogP contribution in [0.15, 0.2) is 223 Å². The highest BCUT2D eigenvalue weighted by Crippen LogP contribution is 2.46. The lowest BCUT2D eigenvalue weighted by Crippen LogP contribution is -2.30. The first kappa shape index (κ1) is 38.8. The fourth-order valence-corrected chi connectivity index (χ4v) is 10.6. The molecule has 0 spiro atoms. The van der Waals surface area contributed by atoms with Crippen molar-refractivity contribution >= 4 is 88.4 Å². The largest absolute Gasteiger partial charge is 0.456 e. The number of allylic oxidation sites excluding steroid dienone is 4. The maximum absolute atomic E-state index is 6.84. The van der Waals surface area contributed by atoms with Crippen LogP contribution in [0.1, 0.15) is 30.4 Å². The fraction of sp³-hybridized carbons (Fsp3) is 0.0462. The summed E-state index contributed by atoms with van der Waals surface area (Å²) in [4.78, 5) is 2.44. The Morgan fingerprint density at radius 1 is 0.463 bits per heavy atom. The van der Waals surface area contributed by atoms with Crippen LogP contribution in [0.5, 0.6) is 0 Å². The average molecular weight is 854 g/mol. The Labute approximate surface area is 389 Å². The van der Waals surface area contributed by atoms with Crippen molar-refractivity contribution in [2.75, 3.05) is 4.90 Å². The number of fused-ring (bicyclic) bond motifs is 8. The molecule has 0 bridgehead atoms. The Hall–Kier alpha value is -8.64. The molecule has 0 fully saturated rings. The van der Waals surface area contributed by atoms with Crippen molar-refractivity contribution in [3.8, 4) is 34.1 Å². The highest BCUT2D eigenvalue weighted by Gasteiger charge is 2.26. The lowest BCUT2D eigenvalue weighted by Gasteiger charge is -2.30. The molecule has 0 amide bonds. The standard InChI is InChI=1S/C65H43NO/c1-2-19-44(20-3-1)52-37-36-50(42-58(52)49-35-34-43-18-4-5-21-45(43)38-49)66(62-32-16-17-33-63-65(62)60-39-46-22-6-7-23-47(46)41-64(60)67-63)61-31-15-14-30-57(61)54-27-11-13-29-56(54)59-40-48-24-8-9-25-51(48)53-26-10-12-28-55(53)59/h1-10,12-15,18-26,28-31,33-42H,11,17,27H2. The van der Waals surface area contributed by atoms with Crippen molar-refractivity contribution in [1.29, 1.82) is 0 Å². The zero-order chi connectivity index (χ0) is 44.3. The predicted molar refractivity (Wildman–Crippen MR) is 283 cm³/mol. The number of hydrogen-bond acceptors (Lipinski definition) is 2. The summed E-state index contributed by atoms with van der Waals surface area (Å²) < 4.78 is 6.84. The van der Waals surface area contributed by atoms with Gasteiger partial charge >= 0.3 is 0 Å². The molecular formula is C65H43NO. The highest BCUT2D eigenvalue weighted by atomic mass is 16.3. The van der Waals surface area contributed by atoms with Crippen LogP contribution in [-0.2, 0) is 0 Å². The van der Waals surface area contributed by atoms with Gasteiger partial charge < -0.3 is 9.32 Å². The molecule has 2 aliphatic carbocycles. The third kappa shape index (κ3) is 6.67. The van der Waals surface area contributed by atoms with Gasteiger partial charge in [-0.1, -0.05) is 182 Å². The molecule has 10 aromatic carbocycles. The molecule has 0 aliphatic heterocycles. The van der Waals surface area contributed by atoms with E-state index in [1.165, 1.54) is 71.1 Å². The minimum absolute atomic E-state index is 0.579. The van der Waals surface area contributed by atoms with Crippen LogP contribution in [0.4, 0.5) is 11.4 Å². The van der Waals surface area contributed by atoms with Gasteiger partial charge in [-0.3, -0.25) is 0 Å². The van der Waals surface area contributed by atoms with Gasteiger partial charge in [-0.2, -0.15) is 0 Å². The van der Waals surface area contributed by atoms with Crippen molar-refractivity contribution in [3.05, 3.63) is 240 Å². The molecule has 2 heteroatoms. The van der Waals surface area contributed by atoms with Gasteiger partial charge in [0.2, 0.25) is 0 Å².